The average Bonchev–Trinajstić information content (AvgIpc) is 2.04. The molecule has 0 atom stereocenters. The number of carbonyl (C=O) groups is 1. The summed E-state index contributed by atoms with van der Waals surface area (Å²) in [6.07, 6.45) is 3.18. The fraction of sp³-hybridized carbons (Fsp3) is 0.900. The summed E-state index contributed by atoms with van der Waals surface area (Å²) in [4.78, 5) is 11.0. The Morgan fingerprint density at radius 1 is 1.38 bits per heavy atom. The lowest BCUT2D eigenvalue weighted by molar-refractivity contribution is -0.144. The summed E-state index contributed by atoms with van der Waals surface area (Å²) < 4.78 is 5.02. The van der Waals surface area contributed by atoms with E-state index in [9.17, 15) is 4.79 Å². The van der Waals surface area contributed by atoms with Crippen LogP contribution in [0.3, 0.4) is 0 Å². The molecule has 78 valence electrons. The van der Waals surface area contributed by atoms with Crippen LogP contribution in [0.1, 0.15) is 39.5 Å². The third kappa shape index (κ3) is 9.68. The molecule has 2 nitrogen and oxygen atoms in total. The molecule has 0 bridgehead atoms. The second kappa shape index (κ2) is 8.36. The summed E-state index contributed by atoms with van der Waals surface area (Å²) >= 11 is 5.48. The molecular weight excluding hydrogens is 188 g/mol. The monoisotopic (exact) mass is 206 g/mol. The van der Waals surface area contributed by atoms with Gasteiger partial charge >= 0.3 is 5.97 Å². The van der Waals surface area contributed by atoms with E-state index in [-0.39, 0.29) is 5.97 Å². The molecule has 0 aliphatic heterocycles. The smallest absolute Gasteiger partial charge is 0.305 e. The van der Waals surface area contributed by atoms with E-state index >= 15 is 0 Å². The van der Waals surface area contributed by atoms with E-state index in [4.69, 9.17) is 16.3 Å². The van der Waals surface area contributed by atoms with Crippen molar-refractivity contribution in [1.82, 2.24) is 0 Å². The number of rotatable bonds is 7. The molecule has 0 spiro atoms. The van der Waals surface area contributed by atoms with Gasteiger partial charge in [-0.25, -0.2) is 0 Å². The van der Waals surface area contributed by atoms with Crippen molar-refractivity contribution >= 4 is 17.6 Å². The highest BCUT2D eigenvalue weighted by atomic mass is 35.5. The minimum absolute atomic E-state index is 0.0919. The van der Waals surface area contributed by atoms with Crippen molar-refractivity contribution in [1.29, 1.82) is 0 Å². The molecule has 0 amide bonds. The Balaban J connectivity index is 3.20. The molecule has 0 N–H and O–H groups in total. The van der Waals surface area contributed by atoms with E-state index in [1.54, 1.807) is 0 Å². The van der Waals surface area contributed by atoms with Gasteiger partial charge in [-0.1, -0.05) is 13.8 Å². The molecule has 0 saturated heterocycles. The molecule has 0 aliphatic carbocycles. The molecule has 0 rings (SSSR count). The number of carbonyl (C=O) groups excluding carboxylic acids is 1. The Hall–Kier alpha value is -0.240. The van der Waals surface area contributed by atoms with E-state index in [2.05, 4.69) is 13.8 Å². The number of hydrogen-bond donors (Lipinski definition) is 0. The van der Waals surface area contributed by atoms with Gasteiger partial charge in [-0.15, -0.1) is 11.6 Å². The van der Waals surface area contributed by atoms with Crippen LogP contribution < -0.4 is 0 Å². The minimum Gasteiger partial charge on any atom is -0.466 e. The Kier molecular flexibility index (Phi) is 8.21. The molecular formula is C10H19ClO2. The van der Waals surface area contributed by atoms with Crippen molar-refractivity contribution in [3.63, 3.8) is 0 Å². The van der Waals surface area contributed by atoms with Crippen molar-refractivity contribution in [2.45, 2.75) is 39.5 Å². The number of hydrogen-bond acceptors (Lipinski definition) is 2. The van der Waals surface area contributed by atoms with Crippen molar-refractivity contribution in [3.8, 4) is 0 Å². The molecule has 0 fully saturated rings. The van der Waals surface area contributed by atoms with Crippen LogP contribution in [-0.4, -0.2) is 18.5 Å². The first-order chi connectivity index (χ1) is 6.16. The normalized spacial score (nSPS) is 10.5. The van der Waals surface area contributed by atoms with Gasteiger partial charge < -0.3 is 4.74 Å². The molecule has 0 saturated carbocycles. The average molecular weight is 207 g/mol. The molecule has 13 heavy (non-hydrogen) atoms. The van der Waals surface area contributed by atoms with Gasteiger partial charge in [0.25, 0.3) is 0 Å². The first-order valence-electron chi connectivity index (χ1n) is 4.88. The molecule has 0 aromatic rings. The van der Waals surface area contributed by atoms with Gasteiger partial charge in [0, 0.05) is 12.3 Å². The van der Waals surface area contributed by atoms with Gasteiger partial charge in [-0.2, -0.15) is 0 Å². The van der Waals surface area contributed by atoms with Crippen LogP contribution in [0, 0.1) is 5.92 Å². The van der Waals surface area contributed by atoms with Crippen LogP contribution in [-0.2, 0) is 9.53 Å². The summed E-state index contributed by atoms with van der Waals surface area (Å²) in [5, 5.41) is 0. The lowest BCUT2D eigenvalue weighted by atomic mass is 10.1. The Morgan fingerprint density at radius 2 is 2.08 bits per heavy atom. The Bertz CT molecular complexity index is 135. The van der Waals surface area contributed by atoms with Crippen LogP contribution >= 0.6 is 11.6 Å². The van der Waals surface area contributed by atoms with Crippen molar-refractivity contribution in [2.24, 2.45) is 5.92 Å². The zero-order chi connectivity index (χ0) is 10.1. The Morgan fingerprint density at radius 3 is 2.62 bits per heavy atom. The summed E-state index contributed by atoms with van der Waals surface area (Å²) in [7, 11) is 0. The highest BCUT2D eigenvalue weighted by Crippen LogP contribution is 2.02. The number of halogens is 1. The first-order valence-corrected chi connectivity index (χ1v) is 5.42. The maximum Gasteiger partial charge on any atom is 0.305 e. The number of unbranched alkanes of at least 4 members (excludes halogenated alkanes) is 1. The lowest BCUT2D eigenvalue weighted by Gasteiger charge is -2.05. The van der Waals surface area contributed by atoms with Gasteiger partial charge in [-0.05, 0) is 25.2 Å². The van der Waals surface area contributed by atoms with E-state index < -0.39 is 0 Å². The van der Waals surface area contributed by atoms with Gasteiger partial charge in [-0.3, -0.25) is 4.79 Å². The topological polar surface area (TPSA) is 26.3 Å². The second-order valence-electron chi connectivity index (χ2n) is 3.55. The Labute approximate surface area is 85.6 Å². The number of esters is 1. The molecule has 0 radical (unpaired) electrons. The molecule has 3 heteroatoms. The van der Waals surface area contributed by atoms with Crippen LogP contribution in [0.5, 0.6) is 0 Å². The van der Waals surface area contributed by atoms with E-state index in [1.165, 1.54) is 0 Å². The predicted octanol–water partition coefficient (Wildman–Crippen LogP) is 2.98. The van der Waals surface area contributed by atoms with Crippen molar-refractivity contribution in [3.05, 3.63) is 0 Å². The quantitative estimate of drug-likeness (QED) is 0.364. The number of ether oxygens (including phenoxy) is 1. The number of alkyl halides is 1. The van der Waals surface area contributed by atoms with Crippen LogP contribution in [0.2, 0.25) is 0 Å². The van der Waals surface area contributed by atoms with Gasteiger partial charge in [0.15, 0.2) is 0 Å². The third-order valence-corrected chi connectivity index (χ3v) is 1.99. The largest absolute Gasteiger partial charge is 0.466 e. The standard InChI is InChI=1S/C10H19ClO2/c1-9(2)6-8-13-10(12)5-3-4-7-11/h9H,3-8H2,1-2H3. The van der Waals surface area contributed by atoms with Crippen LogP contribution in [0.4, 0.5) is 0 Å². The van der Waals surface area contributed by atoms with Crippen LogP contribution in [0.25, 0.3) is 0 Å². The fourth-order valence-corrected chi connectivity index (χ4v) is 1.03. The molecule has 0 unspecified atom stereocenters. The maximum absolute atomic E-state index is 11.0. The van der Waals surface area contributed by atoms with Gasteiger partial charge in [0.1, 0.15) is 0 Å². The zero-order valence-corrected chi connectivity index (χ0v) is 9.27. The van der Waals surface area contributed by atoms with Crippen molar-refractivity contribution < 1.29 is 9.53 Å². The highest BCUT2D eigenvalue weighted by Gasteiger charge is 2.02. The summed E-state index contributed by atoms with van der Waals surface area (Å²) in [6.45, 7) is 4.78. The first kappa shape index (κ1) is 12.8. The zero-order valence-electron chi connectivity index (χ0n) is 8.51. The summed E-state index contributed by atoms with van der Waals surface area (Å²) in [5.41, 5.74) is 0. The minimum atomic E-state index is -0.0919. The van der Waals surface area contributed by atoms with Gasteiger partial charge in [0.2, 0.25) is 0 Å². The maximum atomic E-state index is 11.0. The van der Waals surface area contributed by atoms with E-state index in [0.717, 1.165) is 19.3 Å². The highest BCUT2D eigenvalue weighted by molar-refractivity contribution is 6.17. The molecule has 0 aromatic carbocycles. The van der Waals surface area contributed by atoms with Crippen LogP contribution in [0.15, 0.2) is 0 Å². The second-order valence-corrected chi connectivity index (χ2v) is 3.93. The lowest BCUT2D eigenvalue weighted by Crippen LogP contribution is -2.07. The molecule has 0 aromatic heterocycles. The van der Waals surface area contributed by atoms with E-state index in [1.807, 2.05) is 0 Å². The predicted molar refractivity (Wildman–Crippen MR) is 55.0 cm³/mol. The third-order valence-electron chi connectivity index (χ3n) is 1.72. The van der Waals surface area contributed by atoms with E-state index in [0.29, 0.717) is 24.8 Å². The summed E-state index contributed by atoms with van der Waals surface area (Å²) in [6, 6.07) is 0. The molecule has 0 aliphatic rings. The molecule has 0 heterocycles. The van der Waals surface area contributed by atoms with Gasteiger partial charge in [0.05, 0.1) is 6.61 Å². The van der Waals surface area contributed by atoms with Crippen molar-refractivity contribution in [2.75, 3.05) is 12.5 Å². The SMILES string of the molecule is CC(C)CCOC(=O)CCCCCl. The summed E-state index contributed by atoms with van der Waals surface area (Å²) in [5.74, 6) is 1.13. The fourth-order valence-electron chi connectivity index (χ4n) is 0.844.